The molecule has 0 bridgehead atoms. The Kier molecular flexibility index (Phi) is 4.85. The van der Waals surface area contributed by atoms with E-state index in [9.17, 15) is 0 Å². The molecule has 0 aliphatic carbocycles. The molecule has 1 heterocycles. The van der Waals surface area contributed by atoms with Crippen molar-refractivity contribution in [1.29, 1.82) is 5.26 Å². The lowest BCUT2D eigenvalue weighted by Crippen LogP contribution is -1.88. The van der Waals surface area contributed by atoms with E-state index in [-0.39, 0.29) is 9.52 Å². The first-order valence-corrected chi connectivity index (χ1v) is 7.39. The fourth-order valence-corrected chi connectivity index (χ4v) is 3.83. The van der Waals surface area contributed by atoms with E-state index in [0.717, 1.165) is 12.8 Å². The quantitative estimate of drug-likeness (QED) is 0.384. The van der Waals surface area contributed by atoms with Crippen LogP contribution in [0.2, 0.25) is 12.1 Å². The van der Waals surface area contributed by atoms with Gasteiger partial charge in [-0.3, -0.25) is 0 Å². The molecular formula is C11H19NSi. The van der Waals surface area contributed by atoms with E-state index in [0.29, 0.717) is 0 Å². The van der Waals surface area contributed by atoms with Gasteiger partial charge in [0.15, 0.2) is 0 Å². The van der Waals surface area contributed by atoms with Crippen LogP contribution in [-0.2, 0) is 0 Å². The van der Waals surface area contributed by atoms with Crippen molar-refractivity contribution in [2.75, 3.05) is 0 Å². The smallest absolute Gasteiger partial charge is 0.0621 e. The summed E-state index contributed by atoms with van der Waals surface area (Å²) in [6.07, 6.45) is 5.70. The number of rotatable bonds is 3. The topological polar surface area (TPSA) is 23.8 Å². The molecule has 0 saturated heterocycles. The van der Waals surface area contributed by atoms with Crippen LogP contribution in [-0.4, -0.2) is 9.52 Å². The Morgan fingerprint density at radius 1 is 1.38 bits per heavy atom. The summed E-state index contributed by atoms with van der Waals surface area (Å²) in [4.78, 5) is 0. The molecule has 0 N–H and O–H groups in total. The zero-order chi connectivity index (χ0) is 9.52. The van der Waals surface area contributed by atoms with E-state index in [4.69, 9.17) is 5.26 Å². The second kappa shape index (κ2) is 5.99. The molecule has 0 aromatic rings. The van der Waals surface area contributed by atoms with Crippen molar-refractivity contribution in [3.63, 3.8) is 0 Å². The molecule has 0 fully saturated rings. The van der Waals surface area contributed by atoms with Crippen LogP contribution in [0.5, 0.6) is 0 Å². The van der Waals surface area contributed by atoms with Crippen LogP contribution < -0.4 is 0 Å². The summed E-state index contributed by atoms with van der Waals surface area (Å²) in [7, 11) is 0.275. The first-order chi connectivity index (χ1) is 6.34. The monoisotopic (exact) mass is 193 g/mol. The summed E-state index contributed by atoms with van der Waals surface area (Å²) >= 11 is 0. The summed E-state index contributed by atoms with van der Waals surface area (Å²) in [5, 5.41) is 8.46. The van der Waals surface area contributed by atoms with Crippen molar-refractivity contribution in [1.82, 2.24) is 0 Å². The molecule has 72 valence electrons. The minimum atomic E-state index is 0.275. The standard InChI is InChI=1S/C11H19NSi/c1-10-5-8-13-9-6-11(10)4-2-3-7-12/h2-6,8-9,13H2,1H3. The number of unbranched alkanes of at least 4 members (excludes halogenated alkanes) is 1. The minimum Gasteiger partial charge on any atom is -0.198 e. The van der Waals surface area contributed by atoms with Gasteiger partial charge in [-0.2, -0.15) is 5.26 Å². The van der Waals surface area contributed by atoms with Gasteiger partial charge in [0.2, 0.25) is 0 Å². The van der Waals surface area contributed by atoms with Gasteiger partial charge in [0.1, 0.15) is 0 Å². The Labute approximate surface area is 83.7 Å². The third kappa shape index (κ3) is 3.78. The van der Waals surface area contributed by atoms with Crippen LogP contribution in [0.1, 0.15) is 39.0 Å². The number of hydrogen-bond acceptors (Lipinski definition) is 1. The molecule has 0 aromatic heterocycles. The first-order valence-electron chi connectivity index (χ1n) is 5.39. The summed E-state index contributed by atoms with van der Waals surface area (Å²) in [6, 6.07) is 5.23. The van der Waals surface area contributed by atoms with E-state index in [1.54, 1.807) is 11.1 Å². The predicted octanol–water partition coefficient (Wildman–Crippen LogP) is 2.80. The van der Waals surface area contributed by atoms with Crippen LogP contribution in [0, 0.1) is 11.3 Å². The molecule has 0 atom stereocenters. The highest BCUT2D eigenvalue weighted by Gasteiger charge is 2.07. The van der Waals surface area contributed by atoms with Gasteiger partial charge in [0, 0.05) is 15.9 Å². The van der Waals surface area contributed by atoms with Crippen molar-refractivity contribution in [2.24, 2.45) is 0 Å². The third-order valence-electron chi connectivity index (χ3n) is 2.90. The third-order valence-corrected chi connectivity index (χ3v) is 4.61. The predicted molar refractivity (Wildman–Crippen MR) is 59.6 cm³/mol. The van der Waals surface area contributed by atoms with Crippen LogP contribution in [0.3, 0.4) is 0 Å². The molecule has 1 aliphatic heterocycles. The molecule has 0 aromatic carbocycles. The molecule has 0 radical (unpaired) electrons. The molecule has 0 amide bonds. The average Bonchev–Trinajstić information content (AvgIpc) is 2.32. The van der Waals surface area contributed by atoms with Crippen molar-refractivity contribution in [3.8, 4) is 6.07 Å². The molecule has 13 heavy (non-hydrogen) atoms. The Morgan fingerprint density at radius 3 is 2.92 bits per heavy atom. The van der Waals surface area contributed by atoms with E-state index >= 15 is 0 Å². The number of nitrogens with zero attached hydrogens (tertiary/aromatic N) is 1. The lowest BCUT2D eigenvalue weighted by molar-refractivity contribution is 0.793. The lowest BCUT2D eigenvalue weighted by atomic mass is 9.99. The van der Waals surface area contributed by atoms with Crippen molar-refractivity contribution in [2.45, 2.75) is 51.1 Å². The summed E-state index contributed by atoms with van der Waals surface area (Å²) < 4.78 is 0. The molecule has 1 rings (SSSR count). The highest BCUT2D eigenvalue weighted by atomic mass is 28.2. The Morgan fingerprint density at radius 2 is 2.15 bits per heavy atom. The van der Waals surface area contributed by atoms with Gasteiger partial charge in [-0.05, 0) is 32.6 Å². The van der Waals surface area contributed by atoms with Crippen LogP contribution in [0.4, 0.5) is 0 Å². The highest BCUT2D eigenvalue weighted by Crippen LogP contribution is 2.24. The zero-order valence-electron chi connectivity index (χ0n) is 8.60. The van der Waals surface area contributed by atoms with E-state index in [2.05, 4.69) is 13.0 Å². The number of nitriles is 1. The van der Waals surface area contributed by atoms with Gasteiger partial charge in [-0.25, -0.2) is 0 Å². The van der Waals surface area contributed by atoms with E-state index in [1.807, 2.05) is 0 Å². The first kappa shape index (κ1) is 10.5. The van der Waals surface area contributed by atoms with Crippen LogP contribution in [0.25, 0.3) is 0 Å². The van der Waals surface area contributed by atoms with Gasteiger partial charge >= 0.3 is 0 Å². The molecule has 1 nitrogen and oxygen atoms in total. The SMILES string of the molecule is CC1=C(CCCC#N)CC[SiH2]CC1. The fraction of sp³-hybridized carbons (Fsp3) is 0.727. The van der Waals surface area contributed by atoms with Gasteiger partial charge in [-0.1, -0.05) is 23.2 Å². The zero-order valence-corrected chi connectivity index (χ0v) is 10.0. The largest absolute Gasteiger partial charge is 0.198 e. The highest BCUT2D eigenvalue weighted by molar-refractivity contribution is 6.35. The van der Waals surface area contributed by atoms with Crippen molar-refractivity contribution < 1.29 is 0 Å². The minimum absolute atomic E-state index is 0.275. The average molecular weight is 193 g/mol. The Hall–Kier alpha value is -0.553. The van der Waals surface area contributed by atoms with E-state index < -0.39 is 0 Å². The Balaban J connectivity index is 2.40. The van der Waals surface area contributed by atoms with Crippen LogP contribution in [0.15, 0.2) is 11.1 Å². The maximum absolute atomic E-state index is 8.46. The maximum atomic E-state index is 8.46. The van der Waals surface area contributed by atoms with Crippen LogP contribution >= 0.6 is 0 Å². The summed E-state index contributed by atoms with van der Waals surface area (Å²) in [6.45, 7) is 2.29. The second-order valence-corrected chi connectivity index (χ2v) is 6.08. The van der Waals surface area contributed by atoms with Gasteiger partial charge in [0.05, 0.1) is 6.07 Å². The van der Waals surface area contributed by atoms with Gasteiger partial charge in [0.25, 0.3) is 0 Å². The maximum Gasteiger partial charge on any atom is 0.0621 e. The molecule has 0 unspecified atom stereocenters. The summed E-state index contributed by atoms with van der Waals surface area (Å²) in [5.41, 5.74) is 3.32. The number of allylic oxidation sites excluding steroid dienone is 2. The number of hydrogen-bond donors (Lipinski definition) is 0. The molecule has 0 spiro atoms. The van der Waals surface area contributed by atoms with Crippen molar-refractivity contribution in [3.05, 3.63) is 11.1 Å². The summed E-state index contributed by atoms with van der Waals surface area (Å²) in [5.74, 6) is 0. The lowest BCUT2D eigenvalue weighted by Gasteiger charge is -2.07. The fourth-order valence-electron chi connectivity index (χ4n) is 2.01. The second-order valence-electron chi connectivity index (χ2n) is 3.96. The van der Waals surface area contributed by atoms with Gasteiger partial charge < -0.3 is 0 Å². The molecule has 1 aliphatic rings. The van der Waals surface area contributed by atoms with E-state index in [1.165, 1.54) is 31.4 Å². The normalized spacial score (nSPS) is 20.0. The van der Waals surface area contributed by atoms with Crippen molar-refractivity contribution >= 4 is 9.52 Å². The molecule has 2 heteroatoms. The molecule has 0 saturated carbocycles. The molecular weight excluding hydrogens is 174 g/mol. The Bertz CT molecular complexity index is 225. The van der Waals surface area contributed by atoms with Gasteiger partial charge in [-0.15, -0.1) is 0 Å².